The van der Waals surface area contributed by atoms with Crippen molar-refractivity contribution in [3.05, 3.63) is 51.8 Å². The molecule has 0 spiro atoms. The average Bonchev–Trinajstić information content (AvgIpc) is 2.95. The minimum absolute atomic E-state index is 0.159. The lowest BCUT2D eigenvalue weighted by molar-refractivity contribution is -0.384. The Morgan fingerprint density at radius 2 is 2.19 bits per heavy atom. The number of carbonyl (C=O) groups excluding carboxylic acids is 1. The van der Waals surface area contributed by atoms with Gasteiger partial charge in [0.15, 0.2) is 5.69 Å². The Hall–Kier alpha value is -2.74. The van der Waals surface area contributed by atoms with Gasteiger partial charge in [-0.25, -0.2) is 4.68 Å². The highest BCUT2D eigenvalue weighted by Gasteiger charge is 2.19. The molecule has 0 saturated carbocycles. The van der Waals surface area contributed by atoms with Crippen molar-refractivity contribution in [1.29, 1.82) is 0 Å². The number of aliphatic hydroxyl groups excluding tert-OH is 1. The predicted octanol–water partition coefficient (Wildman–Crippen LogP) is 1.19. The van der Waals surface area contributed by atoms with Gasteiger partial charge >= 0.3 is 0 Å². The lowest BCUT2D eigenvalue weighted by Gasteiger charge is -2.07. The van der Waals surface area contributed by atoms with Crippen molar-refractivity contribution in [3.8, 4) is 5.69 Å². The van der Waals surface area contributed by atoms with E-state index in [0.717, 1.165) is 0 Å². The number of nitro groups is 1. The van der Waals surface area contributed by atoms with Crippen LogP contribution in [0, 0.1) is 10.1 Å². The summed E-state index contributed by atoms with van der Waals surface area (Å²) in [6, 6.07) is 5.82. The van der Waals surface area contributed by atoms with Gasteiger partial charge in [0.1, 0.15) is 5.69 Å². The van der Waals surface area contributed by atoms with Gasteiger partial charge in [-0.05, 0) is 24.6 Å². The van der Waals surface area contributed by atoms with Crippen LogP contribution in [-0.2, 0) is 0 Å². The lowest BCUT2D eigenvalue weighted by atomic mass is 10.1. The summed E-state index contributed by atoms with van der Waals surface area (Å²) < 4.78 is 1.26. The van der Waals surface area contributed by atoms with Crippen molar-refractivity contribution in [2.24, 2.45) is 0 Å². The lowest BCUT2D eigenvalue weighted by Crippen LogP contribution is -2.18. The highest BCUT2D eigenvalue weighted by molar-refractivity contribution is 5.91. The van der Waals surface area contributed by atoms with Crippen LogP contribution in [-0.4, -0.2) is 32.8 Å². The van der Waals surface area contributed by atoms with Gasteiger partial charge in [0.05, 0.1) is 11.0 Å². The molecule has 1 aromatic carbocycles. The quantitative estimate of drug-likeness (QED) is 0.649. The van der Waals surface area contributed by atoms with E-state index >= 15 is 0 Å². The van der Waals surface area contributed by atoms with Gasteiger partial charge in [0.25, 0.3) is 11.6 Å². The monoisotopic (exact) mass is 290 g/mol. The van der Waals surface area contributed by atoms with Crippen LogP contribution in [0.1, 0.15) is 29.1 Å². The molecule has 1 atom stereocenters. The first-order valence-corrected chi connectivity index (χ1v) is 6.18. The van der Waals surface area contributed by atoms with Gasteiger partial charge in [-0.15, -0.1) is 0 Å². The molecule has 0 fully saturated rings. The van der Waals surface area contributed by atoms with Crippen LogP contribution in [0.5, 0.6) is 0 Å². The van der Waals surface area contributed by atoms with E-state index < -0.39 is 11.0 Å². The Kier molecular flexibility index (Phi) is 3.99. The number of carbonyl (C=O) groups is 1. The number of hydrogen-bond donors (Lipinski definition) is 2. The van der Waals surface area contributed by atoms with Gasteiger partial charge in [-0.1, -0.05) is 6.07 Å². The maximum absolute atomic E-state index is 11.5. The third-order valence-corrected chi connectivity index (χ3v) is 2.97. The van der Waals surface area contributed by atoms with Crippen molar-refractivity contribution >= 4 is 11.6 Å². The molecule has 21 heavy (non-hydrogen) atoms. The highest BCUT2D eigenvalue weighted by atomic mass is 16.6. The molecule has 0 aliphatic carbocycles. The van der Waals surface area contributed by atoms with Crippen LogP contribution in [0.3, 0.4) is 0 Å². The van der Waals surface area contributed by atoms with E-state index in [4.69, 9.17) is 0 Å². The third kappa shape index (κ3) is 2.90. The fraction of sp³-hybridized carbons (Fsp3) is 0.231. The van der Waals surface area contributed by atoms with Crippen LogP contribution in [0.25, 0.3) is 5.69 Å². The van der Waals surface area contributed by atoms with Crippen molar-refractivity contribution in [1.82, 2.24) is 15.1 Å². The van der Waals surface area contributed by atoms with Gasteiger partial charge < -0.3 is 10.4 Å². The second kappa shape index (κ2) is 5.71. The fourth-order valence-electron chi connectivity index (χ4n) is 1.85. The van der Waals surface area contributed by atoms with Crippen LogP contribution in [0.15, 0.2) is 30.5 Å². The van der Waals surface area contributed by atoms with Gasteiger partial charge in [0, 0.05) is 19.3 Å². The first kappa shape index (κ1) is 14.7. The van der Waals surface area contributed by atoms with Crippen molar-refractivity contribution in [2.45, 2.75) is 13.0 Å². The number of hydrogen-bond acceptors (Lipinski definition) is 5. The molecule has 0 aliphatic rings. The maximum atomic E-state index is 11.5. The molecule has 0 saturated heterocycles. The van der Waals surface area contributed by atoms with Crippen molar-refractivity contribution < 1.29 is 14.8 Å². The number of rotatable bonds is 4. The largest absolute Gasteiger partial charge is 0.389 e. The molecule has 1 aromatic heterocycles. The normalized spacial score (nSPS) is 12.0. The Balaban J connectivity index is 2.50. The molecule has 2 N–H and O–H groups in total. The minimum atomic E-state index is -0.809. The molecular weight excluding hydrogens is 276 g/mol. The van der Waals surface area contributed by atoms with Gasteiger partial charge in [0.2, 0.25) is 0 Å². The summed E-state index contributed by atoms with van der Waals surface area (Å²) >= 11 is 0. The Morgan fingerprint density at radius 1 is 1.48 bits per heavy atom. The molecule has 110 valence electrons. The number of aromatic nitrogens is 2. The van der Waals surface area contributed by atoms with Gasteiger partial charge in [-0.2, -0.15) is 5.10 Å². The SMILES string of the molecule is CNC(=O)c1ccn(-c2ccc(C(C)O)cc2[N+](=O)[O-])n1. The summed E-state index contributed by atoms with van der Waals surface area (Å²) in [5.74, 6) is -0.378. The molecule has 1 amide bonds. The summed E-state index contributed by atoms with van der Waals surface area (Å²) in [4.78, 5) is 22.1. The zero-order chi connectivity index (χ0) is 15.6. The number of nitro benzene ring substituents is 1. The second-order valence-corrected chi connectivity index (χ2v) is 4.41. The molecule has 0 bridgehead atoms. The Labute approximate surface area is 120 Å². The molecule has 0 aliphatic heterocycles. The van der Waals surface area contributed by atoms with E-state index in [1.54, 1.807) is 6.07 Å². The maximum Gasteiger partial charge on any atom is 0.295 e. The number of nitrogens with one attached hydrogen (secondary N) is 1. The van der Waals surface area contributed by atoms with Crippen molar-refractivity contribution in [2.75, 3.05) is 7.05 Å². The van der Waals surface area contributed by atoms with E-state index in [2.05, 4.69) is 10.4 Å². The predicted molar refractivity (Wildman–Crippen MR) is 74.2 cm³/mol. The highest BCUT2D eigenvalue weighted by Crippen LogP contribution is 2.26. The molecular formula is C13H14N4O4. The topological polar surface area (TPSA) is 110 Å². The van der Waals surface area contributed by atoms with Crippen LogP contribution in [0.2, 0.25) is 0 Å². The van der Waals surface area contributed by atoms with E-state index in [1.807, 2.05) is 0 Å². The number of aliphatic hydroxyl groups is 1. The zero-order valence-corrected chi connectivity index (χ0v) is 11.5. The summed E-state index contributed by atoms with van der Waals surface area (Å²) in [6.07, 6.45) is 0.659. The third-order valence-electron chi connectivity index (χ3n) is 2.97. The summed E-state index contributed by atoms with van der Waals surface area (Å²) in [6.45, 7) is 1.52. The molecule has 1 heterocycles. The van der Waals surface area contributed by atoms with Crippen LogP contribution < -0.4 is 5.32 Å². The number of nitrogens with zero attached hydrogens (tertiary/aromatic N) is 3. The first-order valence-electron chi connectivity index (χ1n) is 6.18. The molecule has 8 nitrogen and oxygen atoms in total. The van der Waals surface area contributed by atoms with E-state index in [-0.39, 0.29) is 23.0 Å². The van der Waals surface area contributed by atoms with Crippen molar-refractivity contribution in [3.63, 3.8) is 0 Å². The second-order valence-electron chi connectivity index (χ2n) is 4.41. The Morgan fingerprint density at radius 3 is 2.76 bits per heavy atom. The molecule has 0 radical (unpaired) electrons. The Bertz CT molecular complexity index is 693. The molecule has 2 rings (SSSR count). The molecule has 8 heteroatoms. The number of benzene rings is 1. The minimum Gasteiger partial charge on any atom is -0.389 e. The van der Waals surface area contributed by atoms with E-state index in [1.165, 1.54) is 43.0 Å². The van der Waals surface area contributed by atoms with Gasteiger partial charge in [-0.3, -0.25) is 14.9 Å². The standard InChI is InChI=1S/C13H14N4O4/c1-8(18)9-3-4-11(12(7-9)17(20)21)16-6-5-10(15-16)13(19)14-2/h3-8,18H,1-2H3,(H,14,19). The number of amides is 1. The summed E-state index contributed by atoms with van der Waals surface area (Å²) in [5, 5.41) is 27.1. The molecule has 2 aromatic rings. The smallest absolute Gasteiger partial charge is 0.295 e. The summed E-state index contributed by atoms with van der Waals surface area (Å²) in [7, 11) is 1.47. The fourth-order valence-corrected chi connectivity index (χ4v) is 1.85. The first-order chi connectivity index (χ1) is 9.93. The average molecular weight is 290 g/mol. The van der Waals surface area contributed by atoms with E-state index in [0.29, 0.717) is 5.56 Å². The van der Waals surface area contributed by atoms with Crippen LogP contribution >= 0.6 is 0 Å². The molecule has 1 unspecified atom stereocenters. The van der Waals surface area contributed by atoms with E-state index in [9.17, 15) is 20.0 Å². The zero-order valence-electron chi connectivity index (χ0n) is 11.5. The summed E-state index contributed by atoms with van der Waals surface area (Å²) in [5.41, 5.74) is 0.620. The van der Waals surface area contributed by atoms with Crippen LogP contribution in [0.4, 0.5) is 5.69 Å².